The number of hydrogen-bond acceptors (Lipinski definition) is 0. The van der Waals surface area contributed by atoms with Crippen molar-refractivity contribution in [3.05, 3.63) is 95.1 Å². The Morgan fingerprint density at radius 3 is 0.875 bits per heavy atom. The molecule has 0 unspecified atom stereocenters. The van der Waals surface area contributed by atoms with Crippen LogP contribution in [-0.2, 0) is 0 Å². The summed E-state index contributed by atoms with van der Waals surface area (Å²) < 4.78 is 0. The van der Waals surface area contributed by atoms with E-state index >= 15 is 0 Å². The highest BCUT2D eigenvalue weighted by Gasteiger charge is 2.06. The van der Waals surface area contributed by atoms with Gasteiger partial charge in [0.05, 0.1) is 0 Å². The smallest absolute Gasteiger partial charge is 0.0412 e. The van der Waals surface area contributed by atoms with Crippen LogP contribution in [0.5, 0.6) is 0 Å². The third kappa shape index (κ3) is 2.06. The van der Waals surface area contributed by atoms with Gasteiger partial charge in [0.15, 0.2) is 0 Å². The average Bonchev–Trinajstić information content (AvgIpc) is 2.62. The van der Waals surface area contributed by atoms with Gasteiger partial charge in [-0.2, -0.15) is 0 Å². The van der Waals surface area contributed by atoms with Crippen LogP contribution < -0.4 is 0 Å². The zero-order chi connectivity index (χ0) is 15.9. The molecule has 4 aromatic carbocycles. The number of rotatable bonds is 0. The molecule has 0 spiro atoms. The molecular weight excluding hydrogens is 288 g/mol. The Labute approximate surface area is 140 Å². The van der Waals surface area contributed by atoms with Crippen molar-refractivity contribution in [2.75, 3.05) is 0 Å². The van der Waals surface area contributed by atoms with Crippen LogP contribution in [0, 0.1) is 23.7 Å². The molecule has 108 valence electrons. The van der Waals surface area contributed by atoms with E-state index < -0.39 is 0 Å². The fourth-order valence-electron chi connectivity index (χ4n) is 3.16. The van der Waals surface area contributed by atoms with Gasteiger partial charge in [-0.1, -0.05) is 72.2 Å². The van der Waals surface area contributed by atoms with Gasteiger partial charge in [-0.3, -0.25) is 0 Å². The Balaban J connectivity index is 1.78. The van der Waals surface area contributed by atoms with Crippen molar-refractivity contribution in [1.29, 1.82) is 0 Å². The Morgan fingerprint density at radius 2 is 0.625 bits per heavy atom. The van der Waals surface area contributed by atoms with Crippen molar-refractivity contribution >= 4 is 21.5 Å². The lowest BCUT2D eigenvalue weighted by molar-refractivity contribution is 1.59. The molecule has 0 nitrogen and oxygen atoms in total. The maximum absolute atomic E-state index is 3.33. The lowest BCUT2D eigenvalue weighted by atomic mass is 9.96. The van der Waals surface area contributed by atoms with Gasteiger partial charge in [-0.05, 0) is 45.8 Å². The van der Waals surface area contributed by atoms with Gasteiger partial charge in [0.1, 0.15) is 0 Å². The first-order valence-electron chi connectivity index (χ1n) is 7.96. The van der Waals surface area contributed by atoms with Crippen molar-refractivity contribution in [3.63, 3.8) is 0 Å². The largest absolute Gasteiger partial charge is 0.0616 e. The third-order valence-corrected chi connectivity index (χ3v) is 4.44. The van der Waals surface area contributed by atoms with Gasteiger partial charge < -0.3 is 0 Å². The van der Waals surface area contributed by atoms with E-state index in [9.17, 15) is 0 Å². The van der Waals surface area contributed by atoms with Gasteiger partial charge in [0.2, 0.25) is 0 Å². The third-order valence-electron chi connectivity index (χ3n) is 4.44. The molecule has 0 N–H and O–H groups in total. The first-order valence-corrected chi connectivity index (χ1v) is 7.96. The molecule has 0 radical (unpaired) electrons. The summed E-state index contributed by atoms with van der Waals surface area (Å²) in [6, 6.07) is 25.2. The van der Waals surface area contributed by atoms with Crippen LogP contribution in [0.1, 0.15) is 22.3 Å². The van der Waals surface area contributed by atoms with Crippen molar-refractivity contribution in [1.82, 2.24) is 0 Å². The van der Waals surface area contributed by atoms with E-state index in [-0.39, 0.29) is 0 Å². The van der Waals surface area contributed by atoms with Crippen LogP contribution in [0.3, 0.4) is 0 Å². The lowest BCUT2D eigenvalue weighted by Crippen LogP contribution is -1.91. The molecule has 1 aliphatic carbocycles. The van der Waals surface area contributed by atoms with Crippen molar-refractivity contribution in [3.8, 4) is 23.7 Å². The van der Waals surface area contributed by atoms with E-state index in [0.29, 0.717) is 0 Å². The van der Waals surface area contributed by atoms with Gasteiger partial charge >= 0.3 is 0 Å². The Bertz CT molecular complexity index is 1060. The fourth-order valence-corrected chi connectivity index (χ4v) is 3.16. The van der Waals surface area contributed by atoms with Crippen LogP contribution in [0.25, 0.3) is 21.5 Å². The molecule has 24 heavy (non-hydrogen) atoms. The Hall–Kier alpha value is -3.48. The van der Waals surface area contributed by atoms with E-state index in [0.717, 1.165) is 22.3 Å². The summed E-state index contributed by atoms with van der Waals surface area (Å²) in [4.78, 5) is 0. The second kappa shape index (κ2) is 5.02. The minimum Gasteiger partial charge on any atom is -0.0616 e. The maximum atomic E-state index is 3.33. The number of fused-ring (bicyclic) bond motifs is 4. The van der Waals surface area contributed by atoms with E-state index in [1.807, 2.05) is 0 Å². The van der Waals surface area contributed by atoms with Crippen LogP contribution >= 0.6 is 0 Å². The standard InChI is InChI=1S/C24H12/c1-2-6-18-14-22-11-12-24-16-20-8-4-3-7-19(20)15-23(24)10-9-21(22)13-17(18)5-1/h1-8,13-16H. The summed E-state index contributed by atoms with van der Waals surface area (Å²) in [6.45, 7) is 0. The summed E-state index contributed by atoms with van der Waals surface area (Å²) in [5, 5.41) is 4.80. The molecule has 0 heterocycles. The Kier molecular flexibility index (Phi) is 2.72. The fraction of sp³-hybridized carbons (Fsp3) is 0. The summed E-state index contributed by atoms with van der Waals surface area (Å²) in [5.41, 5.74) is 4.00. The highest BCUT2D eigenvalue weighted by molar-refractivity contribution is 5.88. The van der Waals surface area contributed by atoms with Gasteiger partial charge in [-0.15, -0.1) is 0 Å². The second-order valence-corrected chi connectivity index (χ2v) is 5.99. The molecule has 0 heteroatoms. The molecule has 5 rings (SSSR count). The maximum Gasteiger partial charge on any atom is 0.0412 e. The number of benzene rings is 4. The minimum absolute atomic E-state index is 1.00. The highest BCUT2D eigenvalue weighted by Crippen LogP contribution is 2.23. The minimum atomic E-state index is 1.00. The first kappa shape index (κ1) is 13.0. The quantitative estimate of drug-likeness (QED) is 0.349. The predicted molar refractivity (Wildman–Crippen MR) is 99.9 cm³/mol. The van der Waals surface area contributed by atoms with Crippen molar-refractivity contribution < 1.29 is 0 Å². The van der Waals surface area contributed by atoms with E-state index in [1.54, 1.807) is 0 Å². The van der Waals surface area contributed by atoms with Crippen LogP contribution in [-0.4, -0.2) is 0 Å². The average molecular weight is 300 g/mol. The van der Waals surface area contributed by atoms with Gasteiger partial charge in [-0.25, -0.2) is 0 Å². The van der Waals surface area contributed by atoms with E-state index in [2.05, 4.69) is 96.5 Å². The summed E-state index contributed by atoms with van der Waals surface area (Å²) >= 11 is 0. The molecule has 4 aromatic rings. The molecule has 1 aliphatic rings. The molecule has 0 saturated heterocycles. The molecule has 0 bridgehead atoms. The zero-order valence-corrected chi connectivity index (χ0v) is 12.9. The highest BCUT2D eigenvalue weighted by atomic mass is 14.1. The molecule has 0 fully saturated rings. The topological polar surface area (TPSA) is 0 Å². The lowest BCUT2D eigenvalue weighted by Gasteiger charge is -2.06. The molecule has 0 saturated carbocycles. The summed E-state index contributed by atoms with van der Waals surface area (Å²) in [6.07, 6.45) is 0. The zero-order valence-electron chi connectivity index (χ0n) is 12.9. The molecular formula is C24H12. The number of hydrogen-bond donors (Lipinski definition) is 0. The van der Waals surface area contributed by atoms with Crippen LogP contribution in [0.15, 0.2) is 72.8 Å². The Morgan fingerprint density at radius 1 is 0.375 bits per heavy atom. The normalized spacial score (nSPS) is 11.3. The monoisotopic (exact) mass is 300 g/mol. The molecule has 0 amide bonds. The summed E-state index contributed by atoms with van der Waals surface area (Å²) in [5.74, 6) is 13.3. The van der Waals surface area contributed by atoms with Crippen LogP contribution in [0.2, 0.25) is 0 Å². The molecule has 0 aliphatic heterocycles. The van der Waals surface area contributed by atoms with Gasteiger partial charge in [0.25, 0.3) is 0 Å². The van der Waals surface area contributed by atoms with E-state index in [4.69, 9.17) is 0 Å². The predicted octanol–water partition coefficient (Wildman–Crippen LogP) is 5.11. The van der Waals surface area contributed by atoms with Crippen molar-refractivity contribution in [2.45, 2.75) is 0 Å². The molecule has 0 atom stereocenters. The SMILES string of the molecule is C1#Cc2cc3ccccc3cc2C#Cc2cc3ccccc3cc21. The second-order valence-electron chi connectivity index (χ2n) is 5.99. The summed E-state index contributed by atoms with van der Waals surface area (Å²) in [7, 11) is 0. The van der Waals surface area contributed by atoms with Crippen molar-refractivity contribution in [2.24, 2.45) is 0 Å². The van der Waals surface area contributed by atoms with Gasteiger partial charge in [0, 0.05) is 22.3 Å². The van der Waals surface area contributed by atoms with Crippen LogP contribution in [0.4, 0.5) is 0 Å². The van der Waals surface area contributed by atoms with E-state index in [1.165, 1.54) is 21.5 Å². The first-order chi connectivity index (χ1) is 11.9. The molecule has 0 aromatic heterocycles.